The summed E-state index contributed by atoms with van der Waals surface area (Å²) in [6, 6.07) is 12.5. The summed E-state index contributed by atoms with van der Waals surface area (Å²) in [6.45, 7) is 5.11. The van der Waals surface area contributed by atoms with Gasteiger partial charge in [-0.1, -0.05) is 18.2 Å². The van der Waals surface area contributed by atoms with Gasteiger partial charge >= 0.3 is 0 Å². The number of aryl methyl sites for hydroxylation is 1. The fraction of sp³-hybridized carbons (Fsp3) is 0.400. The number of nitrogens with one attached hydrogen (secondary N) is 1. The molecule has 1 fully saturated rings. The maximum atomic E-state index is 4.86. The summed E-state index contributed by atoms with van der Waals surface area (Å²) in [5.41, 5.74) is 3.53. The predicted molar refractivity (Wildman–Crippen MR) is 100 cm³/mol. The minimum Gasteiger partial charge on any atom is -0.330 e. The fourth-order valence-electron chi connectivity index (χ4n) is 3.71. The molecule has 3 aromatic rings. The van der Waals surface area contributed by atoms with Gasteiger partial charge in [0, 0.05) is 32.5 Å². The van der Waals surface area contributed by atoms with Gasteiger partial charge in [-0.3, -0.25) is 9.88 Å². The van der Waals surface area contributed by atoms with Gasteiger partial charge in [0.2, 0.25) is 0 Å². The van der Waals surface area contributed by atoms with Crippen LogP contribution in [0.3, 0.4) is 0 Å². The van der Waals surface area contributed by atoms with Crippen LogP contribution in [0.15, 0.2) is 48.8 Å². The molecule has 0 saturated carbocycles. The third-order valence-electron chi connectivity index (χ3n) is 5.05. The molecule has 0 radical (unpaired) electrons. The minimum atomic E-state index is 0.714. The number of imidazole rings is 1. The number of rotatable bonds is 6. The lowest BCUT2D eigenvalue weighted by atomic mass is 10.1. The first kappa shape index (κ1) is 16.2. The molecule has 2 aromatic heterocycles. The van der Waals surface area contributed by atoms with Crippen LogP contribution in [0.25, 0.3) is 11.0 Å². The van der Waals surface area contributed by atoms with Crippen LogP contribution >= 0.6 is 0 Å². The van der Waals surface area contributed by atoms with Crippen molar-refractivity contribution < 1.29 is 0 Å². The van der Waals surface area contributed by atoms with Crippen molar-refractivity contribution in [1.29, 1.82) is 0 Å². The van der Waals surface area contributed by atoms with Gasteiger partial charge in [-0.2, -0.15) is 0 Å². The van der Waals surface area contributed by atoms with E-state index in [0.29, 0.717) is 5.92 Å². The summed E-state index contributed by atoms with van der Waals surface area (Å²) in [6.07, 6.45) is 5.06. The molecule has 0 bridgehead atoms. The molecule has 25 heavy (non-hydrogen) atoms. The van der Waals surface area contributed by atoms with E-state index >= 15 is 0 Å². The Morgan fingerprint density at radius 1 is 1.20 bits per heavy atom. The maximum absolute atomic E-state index is 4.86. The number of hydrogen-bond donors (Lipinski definition) is 1. The van der Waals surface area contributed by atoms with Crippen molar-refractivity contribution in [3.63, 3.8) is 0 Å². The monoisotopic (exact) mass is 335 g/mol. The summed E-state index contributed by atoms with van der Waals surface area (Å²) in [7, 11) is 2.12. The molecule has 1 aliphatic rings. The molecule has 1 aliphatic heterocycles. The summed E-state index contributed by atoms with van der Waals surface area (Å²) < 4.78 is 2.22. The normalized spacial score (nSPS) is 17.6. The lowest BCUT2D eigenvalue weighted by Gasteiger charge is -2.25. The number of para-hydroxylation sites is 2. The standard InChI is InChI=1S/C20H25N5/c1-24-19-7-3-2-6-18(19)23-20(24)15-25(14-17-8-10-22-12-17)13-16-5-4-9-21-11-16/h2-7,9,11,17,22H,8,10,12-15H2,1H3/t17-/m0/s1. The van der Waals surface area contributed by atoms with Crippen molar-refractivity contribution in [2.45, 2.75) is 19.5 Å². The molecule has 1 aromatic carbocycles. The number of fused-ring (bicyclic) bond motifs is 1. The van der Waals surface area contributed by atoms with Crippen molar-refractivity contribution in [2.75, 3.05) is 19.6 Å². The average Bonchev–Trinajstić information content (AvgIpc) is 3.25. The Balaban J connectivity index is 1.56. The van der Waals surface area contributed by atoms with Crippen LogP contribution in [-0.4, -0.2) is 39.1 Å². The Kier molecular flexibility index (Phi) is 4.76. The van der Waals surface area contributed by atoms with Crippen LogP contribution in [0.4, 0.5) is 0 Å². The summed E-state index contributed by atoms with van der Waals surface area (Å²) in [5, 5.41) is 3.48. The third-order valence-corrected chi connectivity index (χ3v) is 5.05. The highest BCUT2D eigenvalue weighted by molar-refractivity contribution is 5.75. The van der Waals surface area contributed by atoms with Crippen LogP contribution < -0.4 is 5.32 Å². The number of pyridine rings is 1. The highest BCUT2D eigenvalue weighted by Crippen LogP contribution is 2.18. The molecule has 0 spiro atoms. The third kappa shape index (κ3) is 3.72. The molecule has 0 unspecified atom stereocenters. The Hall–Kier alpha value is -2.24. The van der Waals surface area contributed by atoms with Crippen molar-refractivity contribution in [1.82, 2.24) is 24.8 Å². The quantitative estimate of drug-likeness (QED) is 0.752. The zero-order valence-corrected chi connectivity index (χ0v) is 14.7. The van der Waals surface area contributed by atoms with Gasteiger partial charge in [-0.15, -0.1) is 0 Å². The van der Waals surface area contributed by atoms with Gasteiger partial charge in [0.25, 0.3) is 0 Å². The number of benzene rings is 1. The van der Waals surface area contributed by atoms with Crippen molar-refractivity contribution in [2.24, 2.45) is 13.0 Å². The molecule has 5 heteroatoms. The largest absolute Gasteiger partial charge is 0.330 e. The SMILES string of the molecule is Cn1c(CN(Cc2cccnc2)C[C@H]2CCNC2)nc2ccccc21. The minimum absolute atomic E-state index is 0.714. The molecule has 130 valence electrons. The molecule has 1 saturated heterocycles. The zero-order chi connectivity index (χ0) is 17.1. The topological polar surface area (TPSA) is 46.0 Å². The van der Waals surface area contributed by atoms with E-state index in [0.717, 1.165) is 44.1 Å². The van der Waals surface area contributed by atoms with Crippen LogP contribution in [0.1, 0.15) is 17.8 Å². The van der Waals surface area contributed by atoms with Gasteiger partial charge in [0.05, 0.1) is 17.6 Å². The van der Waals surface area contributed by atoms with Gasteiger partial charge < -0.3 is 9.88 Å². The molecule has 0 amide bonds. The van der Waals surface area contributed by atoms with E-state index in [1.54, 1.807) is 0 Å². The van der Waals surface area contributed by atoms with Gasteiger partial charge in [-0.05, 0) is 49.2 Å². The van der Waals surface area contributed by atoms with E-state index in [2.05, 4.69) is 57.1 Å². The Labute approximate surface area is 148 Å². The van der Waals surface area contributed by atoms with Crippen molar-refractivity contribution in [3.05, 3.63) is 60.2 Å². The molecule has 0 aliphatic carbocycles. The molecule has 1 atom stereocenters. The van der Waals surface area contributed by atoms with E-state index in [-0.39, 0.29) is 0 Å². The van der Waals surface area contributed by atoms with Crippen LogP contribution in [-0.2, 0) is 20.1 Å². The summed E-state index contributed by atoms with van der Waals surface area (Å²) in [5.74, 6) is 1.84. The second kappa shape index (κ2) is 7.33. The molecular formula is C20H25N5. The second-order valence-electron chi connectivity index (χ2n) is 6.97. The Bertz CT molecular complexity index is 820. The van der Waals surface area contributed by atoms with Crippen molar-refractivity contribution in [3.8, 4) is 0 Å². The van der Waals surface area contributed by atoms with E-state index in [4.69, 9.17) is 4.98 Å². The average molecular weight is 335 g/mol. The zero-order valence-electron chi connectivity index (χ0n) is 14.7. The molecule has 4 rings (SSSR count). The lowest BCUT2D eigenvalue weighted by Crippen LogP contribution is -2.31. The van der Waals surface area contributed by atoms with E-state index < -0.39 is 0 Å². The second-order valence-corrected chi connectivity index (χ2v) is 6.97. The maximum Gasteiger partial charge on any atom is 0.123 e. The highest BCUT2D eigenvalue weighted by atomic mass is 15.2. The van der Waals surface area contributed by atoms with E-state index in [9.17, 15) is 0 Å². The lowest BCUT2D eigenvalue weighted by molar-refractivity contribution is 0.214. The number of aromatic nitrogens is 3. The first-order valence-corrected chi connectivity index (χ1v) is 9.02. The summed E-state index contributed by atoms with van der Waals surface area (Å²) >= 11 is 0. The number of hydrogen-bond acceptors (Lipinski definition) is 4. The van der Waals surface area contributed by atoms with Crippen LogP contribution in [0, 0.1) is 5.92 Å². The molecular weight excluding hydrogens is 310 g/mol. The number of nitrogens with zero attached hydrogens (tertiary/aromatic N) is 4. The summed E-state index contributed by atoms with van der Waals surface area (Å²) in [4.78, 5) is 11.6. The molecule has 5 nitrogen and oxygen atoms in total. The molecule has 1 N–H and O–H groups in total. The van der Waals surface area contributed by atoms with Gasteiger partial charge in [-0.25, -0.2) is 4.98 Å². The van der Waals surface area contributed by atoms with Gasteiger partial charge in [0.1, 0.15) is 5.82 Å². The highest BCUT2D eigenvalue weighted by Gasteiger charge is 2.20. The van der Waals surface area contributed by atoms with Crippen molar-refractivity contribution >= 4 is 11.0 Å². The van der Waals surface area contributed by atoms with Gasteiger partial charge in [0.15, 0.2) is 0 Å². The predicted octanol–water partition coefficient (Wildman–Crippen LogP) is 2.58. The molecule has 3 heterocycles. The fourth-order valence-corrected chi connectivity index (χ4v) is 3.71. The first-order valence-electron chi connectivity index (χ1n) is 9.02. The Morgan fingerprint density at radius 2 is 2.12 bits per heavy atom. The van der Waals surface area contributed by atoms with E-state index in [1.165, 1.54) is 17.5 Å². The van der Waals surface area contributed by atoms with Crippen LogP contribution in [0.2, 0.25) is 0 Å². The smallest absolute Gasteiger partial charge is 0.123 e. The van der Waals surface area contributed by atoms with Crippen LogP contribution in [0.5, 0.6) is 0 Å². The van der Waals surface area contributed by atoms with E-state index in [1.807, 2.05) is 18.5 Å². The Morgan fingerprint density at radius 3 is 2.88 bits per heavy atom. The first-order chi connectivity index (χ1) is 12.3.